The van der Waals surface area contributed by atoms with Crippen molar-refractivity contribution >= 4 is 11.0 Å². The van der Waals surface area contributed by atoms with Crippen LogP contribution >= 0.6 is 0 Å². The van der Waals surface area contributed by atoms with Crippen molar-refractivity contribution < 1.29 is 0 Å². The minimum absolute atomic E-state index is 0.0174. The zero-order valence-corrected chi connectivity index (χ0v) is 15.2. The number of rotatable bonds is 3. The molecule has 4 aromatic rings. The molecule has 0 aliphatic carbocycles. The molecule has 0 atom stereocenters. The second-order valence-electron chi connectivity index (χ2n) is 6.65. The van der Waals surface area contributed by atoms with Crippen LogP contribution in [-0.2, 0) is 13.6 Å². The Labute approximate surface area is 156 Å². The number of aryl methyl sites for hydroxylation is 2. The highest BCUT2D eigenvalue weighted by molar-refractivity contribution is 5.82. The molecule has 0 radical (unpaired) electrons. The number of nitriles is 1. The molecule has 2 heterocycles. The van der Waals surface area contributed by atoms with Gasteiger partial charge < -0.3 is 9.13 Å². The SMILES string of the molecule is Cc1cc(-c2nc3ccc(C#N)cc3n2Cc2ccccc2)cn(C)c1=O. The molecule has 2 aromatic carbocycles. The molecule has 132 valence electrons. The van der Waals surface area contributed by atoms with E-state index in [0.717, 1.165) is 28.0 Å². The Bertz CT molecular complexity index is 1220. The quantitative estimate of drug-likeness (QED) is 0.564. The van der Waals surface area contributed by atoms with Crippen LogP contribution < -0.4 is 5.56 Å². The fourth-order valence-corrected chi connectivity index (χ4v) is 3.34. The molecule has 0 N–H and O–H groups in total. The van der Waals surface area contributed by atoms with Crippen LogP contribution in [0, 0.1) is 18.3 Å². The average molecular weight is 354 g/mol. The Morgan fingerprint density at radius 1 is 1.11 bits per heavy atom. The first kappa shape index (κ1) is 16.8. The fourth-order valence-electron chi connectivity index (χ4n) is 3.34. The molecule has 0 saturated carbocycles. The van der Waals surface area contributed by atoms with Crippen LogP contribution in [0.5, 0.6) is 0 Å². The third-order valence-electron chi connectivity index (χ3n) is 4.68. The van der Waals surface area contributed by atoms with E-state index in [-0.39, 0.29) is 5.56 Å². The summed E-state index contributed by atoms with van der Waals surface area (Å²) < 4.78 is 3.68. The van der Waals surface area contributed by atoms with E-state index in [4.69, 9.17) is 4.98 Å². The van der Waals surface area contributed by atoms with E-state index in [2.05, 4.69) is 22.8 Å². The summed E-state index contributed by atoms with van der Waals surface area (Å²) in [6.07, 6.45) is 1.81. The fraction of sp³-hybridized carbons (Fsp3) is 0.136. The molecule has 0 fully saturated rings. The summed E-state index contributed by atoms with van der Waals surface area (Å²) in [7, 11) is 1.75. The summed E-state index contributed by atoms with van der Waals surface area (Å²) in [5.74, 6) is 0.780. The maximum absolute atomic E-state index is 12.1. The Hall–Kier alpha value is -3.65. The number of pyridine rings is 1. The van der Waals surface area contributed by atoms with E-state index < -0.39 is 0 Å². The van der Waals surface area contributed by atoms with Crippen LogP contribution in [0.25, 0.3) is 22.4 Å². The molecule has 2 aromatic heterocycles. The maximum Gasteiger partial charge on any atom is 0.253 e. The molecule has 0 aliphatic rings. The lowest BCUT2D eigenvalue weighted by Crippen LogP contribution is -2.18. The van der Waals surface area contributed by atoms with E-state index in [9.17, 15) is 10.1 Å². The summed E-state index contributed by atoms with van der Waals surface area (Å²) in [6, 6.07) is 19.7. The summed E-state index contributed by atoms with van der Waals surface area (Å²) in [5.41, 5.74) is 5.00. The van der Waals surface area contributed by atoms with Crippen LogP contribution in [0.1, 0.15) is 16.7 Å². The van der Waals surface area contributed by atoms with Crippen molar-refractivity contribution in [3.63, 3.8) is 0 Å². The van der Waals surface area contributed by atoms with E-state index in [1.165, 1.54) is 0 Å². The summed E-state index contributed by atoms with van der Waals surface area (Å²) in [4.78, 5) is 16.9. The lowest BCUT2D eigenvalue weighted by Gasteiger charge is -2.11. The van der Waals surface area contributed by atoms with Crippen molar-refractivity contribution in [3.05, 3.63) is 87.8 Å². The maximum atomic E-state index is 12.1. The smallest absolute Gasteiger partial charge is 0.253 e. The highest BCUT2D eigenvalue weighted by Gasteiger charge is 2.15. The van der Waals surface area contributed by atoms with Crippen molar-refractivity contribution in [2.45, 2.75) is 13.5 Å². The molecule has 5 nitrogen and oxygen atoms in total. The molecule has 5 heteroatoms. The normalized spacial score (nSPS) is 10.9. The number of hydrogen-bond acceptors (Lipinski definition) is 3. The standard InChI is InChI=1S/C22H18N4O/c1-15-10-18(14-25(2)22(15)27)21-24-19-9-8-17(12-23)11-20(19)26(21)13-16-6-4-3-5-7-16/h3-11,14H,13H2,1-2H3. The second kappa shape index (κ2) is 6.58. The summed E-state index contributed by atoms with van der Waals surface area (Å²) >= 11 is 0. The number of fused-ring (bicyclic) bond motifs is 1. The largest absolute Gasteiger partial charge is 0.319 e. The molecular formula is C22H18N4O. The van der Waals surface area contributed by atoms with Gasteiger partial charge in [-0.25, -0.2) is 4.98 Å². The van der Waals surface area contributed by atoms with E-state index in [1.54, 1.807) is 17.7 Å². The topological polar surface area (TPSA) is 63.6 Å². The van der Waals surface area contributed by atoms with Gasteiger partial charge in [-0.3, -0.25) is 4.79 Å². The molecule has 0 spiro atoms. The van der Waals surface area contributed by atoms with Crippen molar-refractivity contribution in [2.75, 3.05) is 0 Å². The molecule has 0 amide bonds. The molecule has 4 rings (SSSR count). The van der Waals surface area contributed by atoms with Crippen LogP contribution in [0.4, 0.5) is 0 Å². The summed E-state index contributed by atoms with van der Waals surface area (Å²) in [5, 5.41) is 9.29. The number of nitrogens with zero attached hydrogens (tertiary/aromatic N) is 4. The monoisotopic (exact) mass is 354 g/mol. The lowest BCUT2D eigenvalue weighted by atomic mass is 10.1. The Morgan fingerprint density at radius 3 is 2.59 bits per heavy atom. The van der Waals surface area contributed by atoms with E-state index in [1.807, 2.05) is 49.5 Å². The Balaban J connectivity index is 1.98. The molecule has 27 heavy (non-hydrogen) atoms. The van der Waals surface area contributed by atoms with Crippen LogP contribution in [0.3, 0.4) is 0 Å². The second-order valence-corrected chi connectivity index (χ2v) is 6.65. The van der Waals surface area contributed by atoms with Crippen LogP contribution in [0.15, 0.2) is 65.6 Å². The van der Waals surface area contributed by atoms with Crippen LogP contribution in [-0.4, -0.2) is 14.1 Å². The van der Waals surface area contributed by atoms with Gasteiger partial charge in [0.05, 0.1) is 22.7 Å². The number of benzene rings is 2. The first-order valence-corrected chi connectivity index (χ1v) is 8.69. The highest BCUT2D eigenvalue weighted by Crippen LogP contribution is 2.26. The van der Waals surface area contributed by atoms with Gasteiger partial charge in [0.15, 0.2) is 0 Å². The third-order valence-corrected chi connectivity index (χ3v) is 4.68. The minimum atomic E-state index is -0.0174. The first-order chi connectivity index (χ1) is 13.1. The van der Waals surface area contributed by atoms with Crippen molar-refractivity contribution in [1.82, 2.24) is 14.1 Å². The van der Waals surface area contributed by atoms with Gasteiger partial charge >= 0.3 is 0 Å². The van der Waals surface area contributed by atoms with Gasteiger partial charge in [0.1, 0.15) is 5.82 Å². The van der Waals surface area contributed by atoms with E-state index >= 15 is 0 Å². The van der Waals surface area contributed by atoms with Gasteiger partial charge in [0.25, 0.3) is 5.56 Å². The molecule has 0 saturated heterocycles. The number of aromatic nitrogens is 3. The molecular weight excluding hydrogens is 336 g/mol. The molecule has 0 unspecified atom stereocenters. The number of imidazole rings is 1. The molecule has 0 aliphatic heterocycles. The Morgan fingerprint density at radius 2 is 1.89 bits per heavy atom. The van der Waals surface area contributed by atoms with Crippen molar-refractivity contribution in [3.8, 4) is 17.5 Å². The Kier molecular flexibility index (Phi) is 4.09. The zero-order chi connectivity index (χ0) is 19.0. The van der Waals surface area contributed by atoms with Gasteiger partial charge in [-0.15, -0.1) is 0 Å². The van der Waals surface area contributed by atoms with Gasteiger partial charge in [-0.1, -0.05) is 30.3 Å². The highest BCUT2D eigenvalue weighted by atomic mass is 16.1. The minimum Gasteiger partial charge on any atom is -0.319 e. The van der Waals surface area contributed by atoms with Crippen molar-refractivity contribution in [2.24, 2.45) is 7.05 Å². The zero-order valence-electron chi connectivity index (χ0n) is 15.2. The van der Waals surface area contributed by atoms with Crippen LogP contribution in [0.2, 0.25) is 0 Å². The van der Waals surface area contributed by atoms with Gasteiger partial charge in [-0.2, -0.15) is 5.26 Å². The number of hydrogen-bond donors (Lipinski definition) is 0. The van der Waals surface area contributed by atoms with Gasteiger partial charge in [-0.05, 0) is 36.8 Å². The van der Waals surface area contributed by atoms with Gasteiger partial charge in [0, 0.05) is 30.9 Å². The van der Waals surface area contributed by atoms with E-state index in [0.29, 0.717) is 17.7 Å². The predicted molar refractivity (Wildman–Crippen MR) is 105 cm³/mol. The molecule has 0 bridgehead atoms. The van der Waals surface area contributed by atoms with Gasteiger partial charge in [0.2, 0.25) is 0 Å². The lowest BCUT2D eigenvalue weighted by molar-refractivity contribution is 0.819. The summed E-state index contributed by atoms with van der Waals surface area (Å²) in [6.45, 7) is 2.44. The average Bonchev–Trinajstić information content (AvgIpc) is 3.04. The third kappa shape index (κ3) is 3.02. The predicted octanol–water partition coefficient (Wildman–Crippen LogP) is 3.63. The first-order valence-electron chi connectivity index (χ1n) is 8.69. The van der Waals surface area contributed by atoms with Crippen molar-refractivity contribution in [1.29, 1.82) is 5.26 Å².